The van der Waals surface area contributed by atoms with Gasteiger partial charge >= 0.3 is 5.97 Å². The summed E-state index contributed by atoms with van der Waals surface area (Å²) in [5.74, 6) is 6.28. The molecule has 1 aliphatic carbocycles. The number of hydrogen-bond donors (Lipinski definition) is 1. The Bertz CT molecular complexity index is 1050. The molecule has 1 fully saturated rings. The predicted octanol–water partition coefficient (Wildman–Crippen LogP) is 4.92. The van der Waals surface area contributed by atoms with E-state index in [2.05, 4.69) is 16.8 Å². The number of para-hydroxylation sites is 1. The van der Waals surface area contributed by atoms with Crippen molar-refractivity contribution in [2.75, 3.05) is 6.61 Å². The average molecular weight is 450 g/mol. The summed E-state index contributed by atoms with van der Waals surface area (Å²) in [5, 5.41) is 8.73. The lowest BCUT2D eigenvalue weighted by Gasteiger charge is -2.27. The van der Waals surface area contributed by atoms with Crippen molar-refractivity contribution >= 4 is 11.9 Å². The van der Waals surface area contributed by atoms with E-state index in [4.69, 9.17) is 11.2 Å². The van der Waals surface area contributed by atoms with Gasteiger partial charge in [0.2, 0.25) is 0 Å². The van der Waals surface area contributed by atoms with E-state index in [1.807, 2.05) is 24.3 Å². The number of amides is 1. The monoisotopic (exact) mass is 449 g/mol. The predicted molar refractivity (Wildman–Crippen MR) is 127 cm³/mol. The Morgan fingerprint density at radius 2 is 2.00 bits per heavy atom. The van der Waals surface area contributed by atoms with E-state index in [0.29, 0.717) is 36.0 Å². The van der Waals surface area contributed by atoms with E-state index in [-0.39, 0.29) is 18.9 Å². The highest BCUT2D eigenvalue weighted by Crippen LogP contribution is 2.27. The Morgan fingerprint density at radius 1 is 1.21 bits per heavy atom. The number of aromatic nitrogens is 1. The van der Waals surface area contributed by atoms with Crippen LogP contribution in [0.2, 0.25) is 0 Å². The number of ether oxygens (including phenoxy) is 1. The van der Waals surface area contributed by atoms with E-state index in [0.717, 1.165) is 31.2 Å². The molecule has 1 N–H and O–H groups in total. The van der Waals surface area contributed by atoms with Gasteiger partial charge in [-0.3, -0.25) is 9.59 Å². The van der Waals surface area contributed by atoms with Crippen LogP contribution in [0.15, 0.2) is 42.6 Å². The molecule has 0 atom stereocenters. The number of carbonyl (C=O) groups excluding carboxylic acids is 1. The summed E-state index contributed by atoms with van der Waals surface area (Å²) < 4.78 is 14.5. The maximum Gasteiger partial charge on any atom is 0.303 e. The van der Waals surface area contributed by atoms with Gasteiger partial charge in [-0.15, -0.1) is 0 Å². The topological polar surface area (TPSA) is 79.7 Å². The lowest BCUT2D eigenvalue weighted by atomic mass is 10.1. The highest BCUT2D eigenvalue weighted by Gasteiger charge is 2.21. The molecule has 1 heterocycles. The van der Waals surface area contributed by atoms with Crippen molar-refractivity contribution in [1.82, 2.24) is 9.88 Å². The number of carboxylic acid groups (broad SMARTS) is 1. The van der Waals surface area contributed by atoms with E-state index in [1.54, 1.807) is 26.0 Å². The number of unbranched alkanes of at least 4 members (excludes halogenated alkanes) is 2. The number of nitrogens with zero attached hydrogens (tertiary/aromatic N) is 2. The highest BCUT2D eigenvalue weighted by atomic mass is 16.5. The zero-order valence-corrected chi connectivity index (χ0v) is 19.3. The van der Waals surface area contributed by atoms with Gasteiger partial charge < -0.3 is 14.7 Å². The molecule has 1 amide bonds. The number of carbonyl (C=O) groups is 2. The van der Waals surface area contributed by atoms with Crippen LogP contribution in [0.3, 0.4) is 0 Å². The van der Waals surface area contributed by atoms with Gasteiger partial charge in [0.05, 0.1) is 13.5 Å². The minimum Gasteiger partial charge on any atom is -0.493 e. The van der Waals surface area contributed by atoms with Crippen LogP contribution < -0.4 is 4.74 Å². The first-order chi connectivity index (χ1) is 16.2. The van der Waals surface area contributed by atoms with E-state index < -0.39 is 12.0 Å². The smallest absolute Gasteiger partial charge is 0.303 e. The van der Waals surface area contributed by atoms with Gasteiger partial charge in [0, 0.05) is 36.7 Å². The van der Waals surface area contributed by atoms with Crippen LogP contribution >= 0.6 is 0 Å². The lowest BCUT2D eigenvalue weighted by Crippen LogP contribution is -2.36. The quantitative estimate of drug-likeness (QED) is 0.389. The highest BCUT2D eigenvalue weighted by molar-refractivity contribution is 5.94. The van der Waals surface area contributed by atoms with Gasteiger partial charge in [-0.25, -0.2) is 4.98 Å². The summed E-state index contributed by atoms with van der Waals surface area (Å²) in [6.07, 6.45) is 6.12. The van der Waals surface area contributed by atoms with Crippen LogP contribution in [0.25, 0.3) is 0 Å². The Kier molecular flexibility index (Phi) is 8.35. The van der Waals surface area contributed by atoms with Crippen molar-refractivity contribution < 1.29 is 20.8 Å². The Balaban J connectivity index is 1.66. The van der Waals surface area contributed by atoms with Gasteiger partial charge in [0.1, 0.15) is 11.4 Å². The molecule has 0 radical (unpaired) electrons. The molecule has 6 nitrogen and oxygen atoms in total. The van der Waals surface area contributed by atoms with Crippen LogP contribution in [-0.2, 0) is 11.3 Å². The molecule has 3 rings (SSSR count). The molecule has 2 aromatic rings. The lowest BCUT2D eigenvalue weighted by molar-refractivity contribution is -0.137. The summed E-state index contributed by atoms with van der Waals surface area (Å²) in [7, 11) is 0. The number of carboxylic acids is 1. The Labute approximate surface area is 197 Å². The van der Waals surface area contributed by atoms with Gasteiger partial charge in [0.15, 0.2) is 0 Å². The maximum atomic E-state index is 13.3. The number of aliphatic carboxylic acids is 1. The first-order valence-corrected chi connectivity index (χ1v) is 11.5. The van der Waals surface area contributed by atoms with E-state index in [1.165, 1.54) is 11.1 Å². The second-order valence-corrected chi connectivity index (χ2v) is 8.47. The molecule has 1 saturated carbocycles. The van der Waals surface area contributed by atoms with Crippen LogP contribution in [0, 0.1) is 17.8 Å². The van der Waals surface area contributed by atoms with Gasteiger partial charge in [-0.05, 0) is 70.1 Å². The summed E-state index contributed by atoms with van der Waals surface area (Å²) >= 11 is 0. The molecule has 0 bridgehead atoms. The van der Waals surface area contributed by atoms with Crippen LogP contribution in [0.5, 0.6) is 5.75 Å². The SMILES string of the molecule is [2H]C(C)(C)N(Cc1ccccc1OCCCCCC(=O)O)C(=O)c1ccc(C#CC2CC2)nc1. The molecule has 33 heavy (non-hydrogen) atoms. The van der Waals surface area contributed by atoms with Crippen molar-refractivity contribution in [3.63, 3.8) is 0 Å². The zero-order valence-electron chi connectivity index (χ0n) is 20.3. The summed E-state index contributed by atoms with van der Waals surface area (Å²) in [6.45, 7) is 4.04. The minimum absolute atomic E-state index is 0.162. The van der Waals surface area contributed by atoms with Crippen LogP contribution in [0.1, 0.15) is 75.4 Å². The fourth-order valence-corrected chi connectivity index (χ4v) is 3.27. The Morgan fingerprint density at radius 3 is 2.67 bits per heavy atom. The van der Waals surface area contributed by atoms with Crippen molar-refractivity contribution in [3.8, 4) is 17.6 Å². The van der Waals surface area contributed by atoms with Crippen molar-refractivity contribution in [3.05, 3.63) is 59.4 Å². The molecule has 0 spiro atoms. The second-order valence-electron chi connectivity index (χ2n) is 8.47. The Hall–Kier alpha value is -3.33. The summed E-state index contributed by atoms with van der Waals surface area (Å²) in [5.41, 5.74) is 1.86. The van der Waals surface area contributed by atoms with Gasteiger partial charge in [-0.2, -0.15) is 0 Å². The molecule has 0 aliphatic heterocycles. The zero-order chi connectivity index (χ0) is 24.6. The maximum absolute atomic E-state index is 13.3. The average Bonchev–Trinajstić information content (AvgIpc) is 3.63. The van der Waals surface area contributed by atoms with Crippen LogP contribution in [-0.4, -0.2) is 39.5 Å². The molecule has 1 aromatic carbocycles. The fraction of sp³-hybridized carbons (Fsp3) is 0.444. The molecule has 0 saturated heterocycles. The molecular formula is C27H32N2O4. The normalized spacial score (nSPS) is 13.5. The van der Waals surface area contributed by atoms with Gasteiger partial charge in [-0.1, -0.05) is 24.1 Å². The number of rotatable bonds is 11. The van der Waals surface area contributed by atoms with Crippen molar-refractivity contribution in [2.45, 2.75) is 64.9 Å². The number of hydrogen-bond acceptors (Lipinski definition) is 4. The molecule has 1 aromatic heterocycles. The largest absolute Gasteiger partial charge is 0.493 e. The first kappa shape index (κ1) is 22.8. The molecule has 174 valence electrons. The van der Waals surface area contributed by atoms with Crippen molar-refractivity contribution in [2.24, 2.45) is 5.92 Å². The van der Waals surface area contributed by atoms with Crippen molar-refractivity contribution in [1.29, 1.82) is 0 Å². The number of benzene rings is 1. The molecule has 6 heteroatoms. The molecular weight excluding hydrogens is 416 g/mol. The standard InChI is InChI=1S/C27H32N2O4/c1-20(2)29(27(32)22-14-16-24(28-18-22)15-13-21-11-12-21)19-23-8-5-6-9-25(23)33-17-7-3-4-10-26(30)31/h5-6,8-9,14,16,18,20-21H,3-4,7,10-12,17,19H2,1-2H3,(H,30,31)/i20D. The molecule has 1 aliphatic rings. The van der Waals surface area contributed by atoms with Gasteiger partial charge in [0.25, 0.3) is 5.91 Å². The first-order valence-electron chi connectivity index (χ1n) is 12.0. The van der Waals surface area contributed by atoms with E-state index in [9.17, 15) is 9.59 Å². The third kappa shape index (κ3) is 7.94. The molecule has 0 unspecified atom stereocenters. The van der Waals surface area contributed by atoms with E-state index >= 15 is 0 Å². The van der Waals surface area contributed by atoms with Crippen LogP contribution in [0.4, 0.5) is 0 Å². The summed E-state index contributed by atoms with van der Waals surface area (Å²) in [6, 6.07) is 9.78. The second kappa shape index (κ2) is 12.1. The summed E-state index contributed by atoms with van der Waals surface area (Å²) in [4.78, 5) is 29.8. The third-order valence-electron chi connectivity index (χ3n) is 5.37. The third-order valence-corrected chi connectivity index (χ3v) is 5.37. The minimum atomic E-state index is -1.16. The fourth-order valence-electron chi connectivity index (χ4n) is 3.27. The number of pyridine rings is 1.